The Morgan fingerprint density at radius 1 is 1.04 bits per heavy atom. The lowest BCUT2D eigenvalue weighted by atomic mass is 10.0. The Kier molecular flexibility index (Phi) is 6.05. The quantitative estimate of drug-likeness (QED) is 0.341. The molecule has 3 N–H and O–H groups in total. The summed E-state index contributed by atoms with van der Waals surface area (Å²) in [4.78, 5) is 12.3. The maximum atomic E-state index is 12.3. The standard InChI is InChI=1S/C21H18Br2N2O3/c1-11-16(20(27)12(2)21(28)19(11)23)10-24-25-18(26)9-13-7-8-17(22)15-6-4-3-5-14(13)15/h3-8,10,27-28H,9H2,1-2H3,(H,25,26). The fourth-order valence-corrected chi connectivity index (χ4v) is 3.96. The number of hydrogen-bond donors (Lipinski definition) is 3. The van der Waals surface area contributed by atoms with Crippen LogP contribution in [-0.4, -0.2) is 22.3 Å². The number of amides is 1. The van der Waals surface area contributed by atoms with E-state index in [1.807, 2.05) is 36.4 Å². The van der Waals surface area contributed by atoms with Crippen LogP contribution >= 0.6 is 31.9 Å². The van der Waals surface area contributed by atoms with E-state index in [2.05, 4.69) is 42.4 Å². The minimum absolute atomic E-state index is 0.0155. The Balaban J connectivity index is 1.79. The number of fused-ring (bicyclic) bond motifs is 1. The number of nitrogens with zero attached hydrogens (tertiary/aromatic N) is 1. The number of phenolic OH excluding ortho intramolecular Hbond substituents is 2. The highest BCUT2D eigenvalue weighted by Gasteiger charge is 2.16. The molecule has 3 aromatic carbocycles. The first kappa shape index (κ1) is 20.4. The third-order valence-electron chi connectivity index (χ3n) is 4.60. The van der Waals surface area contributed by atoms with Crippen LogP contribution in [0.3, 0.4) is 0 Å². The van der Waals surface area contributed by atoms with E-state index in [1.165, 1.54) is 6.21 Å². The van der Waals surface area contributed by atoms with Crippen molar-refractivity contribution in [3.8, 4) is 11.5 Å². The van der Waals surface area contributed by atoms with Crippen molar-refractivity contribution >= 4 is 54.8 Å². The molecule has 0 aliphatic rings. The van der Waals surface area contributed by atoms with Gasteiger partial charge in [0.1, 0.15) is 11.5 Å². The molecule has 0 unspecified atom stereocenters. The van der Waals surface area contributed by atoms with Crippen molar-refractivity contribution in [1.82, 2.24) is 5.43 Å². The number of rotatable bonds is 4. The lowest BCUT2D eigenvalue weighted by molar-refractivity contribution is -0.120. The summed E-state index contributed by atoms with van der Waals surface area (Å²) in [6.07, 6.45) is 1.55. The Morgan fingerprint density at radius 3 is 2.43 bits per heavy atom. The molecule has 0 fully saturated rings. The number of hydrazone groups is 1. The molecule has 0 heterocycles. The molecule has 0 atom stereocenters. The lowest BCUT2D eigenvalue weighted by Crippen LogP contribution is -2.20. The van der Waals surface area contributed by atoms with Crippen molar-refractivity contribution in [2.45, 2.75) is 20.3 Å². The average molecular weight is 506 g/mol. The summed E-state index contributed by atoms with van der Waals surface area (Å²) in [6.45, 7) is 3.34. The van der Waals surface area contributed by atoms with Gasteiger partial charge in [-0.2, -0.15) is 5.10 Å². The van der Waals surface area contributed by atoms with Gasteiger partial charge in [-0.3, -0.25) is 4.79 Å². The fourth-order valence-electron chi connectivity index (χ4n) is 2.97. The molecule has 0 radical (unpaired) electrons. The van der Waals surface area contributed by atoms with E-state index in [0.717, 1.165) is 20.8 Å². The Hall–Kier alpha value is -2.38. The van der Waals surface area contributed by atoms with Crippen molar-refractivity contribution in [2.24, 2.45) is 5.10 Å². The highest BCUT2D eigenvalue weighted by Crippen LogP contribution is 2.39. The summed E-state index contributed by atoms with van der Waals surface area (Å²) < 4.78 is 1.46. The number of aromatic hydroxyl groups is 2. The summed E-state index contributed by atoms with van der Waals surface area (Å²) >= 11 is 6.82. The van der Waals surface area contributed by atoms with E-state index >= 15 is 0 Å². The molecule has 5 nitrogen and oxygen atoms in total. The van der Waals surface area contributed by atoms with Crippen LogP contribution in [0.25, 0.3) is 10.8 Å². The maximum absolute atomic E-state index is 12.3. The third-order valence-corrected chi connectivity index (χ3v) is 6.26. The number of nitrogens with one attached hydrogen (secondary N) is 1. The van der Waals surface area contributed by atoms with E-state index < -0.39 is 0 Å². The topological polar surface area (TPSA) is 81.9 Å². The summed E-state index contributed by atoms with van der Waals surface area (Å²) in [5.41, 5.74) is 4.78. The molecular weight excluding hydrogens is 488 g/mol. The molecule has 28 heavy (non-hydrogen) atoms. The van der Waals surface area contributed by atoms with Gasteiger partial charge in [0, 0.05) is 15.6 Å². The van der Waals surface area contributed by atoms with Crippen LogP contribution in [0.1, 0.15) is 22.3 Å². The predicted octanol–water partition coefficient (Wildman–Crippen LogP) is 5.09. The molecule has 144 valence electrons. The monoisotopic (exact) mass is 504 g/mol. The van der Waals surface area contributed by atoms with Gasteiger partial charge in [-0.1, -0.05) is 46.3 Å². The van der Waals surface area contributed by atoms with Crippen molar-refractivity contribution in [2.75, 3.05) is 0 Å². The highest BCUT2D eigenvalue weighted by molar-refractivity contribution is 9.11. The van der Waals surface area contributed by atoms with Gasteiger partial charge < -0.3 is 10.2 Å². The second-order valence-electron chi connectivity index (χ2n) is 6.40. The van der Waals surface area contributed by atoms with Crippen LogP contribution in [0.15, 0.2) is 50.4 Å². The van der Waals surface area contributed by atoms with Gasteiger partial charge >= 0.3 is 0 Å². The van der Waals surface area contributed by atoms with Gasteiger partial charge in [-0.15, -0.1) is 0 Å². The van der Waals surface area contributed by atoms with Crippen LogP contribution in [0.2, 0.25) is 0 Å². The van der Waals surface area contributed by atoms with Gasteiger partial charge in [0.2, 0.25) is 5.91 Å². The van der Waals surface area contributed by atoms with E-state index in [-0.39, 0.29) is 23.8 Å². The SMILES string of the molecule is Cc1c(O)c(Br)c(C)c(C=NNC(=O)Cc2ccc(Br)c3ccccc23)c1O. The van der Waals surface area contributed by atoms with Crippen molar-refractivity contribution in [3.05, 3.63) is 67.6 Å². The van der Waals surface area contributed by atoms with E-state index in [9.17, 15) is 15.0 Å². The molecule has 0 aromatic heterocycles. The maximum Gasteiger partial charge on any atom is 0.244 e. The molecule has 0 bridgehead atoms. The number of carbonyl (C=O) groups excluding carboxylic acids is 1. The zero-order chi connectivity index (χ0) is 20.4. The molecule has 3 rings (SSSR count). The lowest BCUT2D eigenvalue weighted by Gasteiger charge is -2.12. The zero-order valence-corrected chi connectivity index (χ0v) is 18.4. The normalized spacial score (nSPS) is 11.3. The second kappa shape index (κ2) is 8.32. The van der Waals surface area contributed by atoms with Crippen LogP contribution in [0.5, 0.6) is 11.5 Å². The van der Waals surface area contributed by atoms with Crippen LogP contribution in [-0.2, 0) is 11.2 Å². The minimum Gasteiger partial charge on any atom is -0.507 e. The van der Waals surface area contributed by atoms with Gasteiger partial charge in [-0.25, -0.2) is 5.43 Å². The minimum atomic E-state index is -0.268. The van der Waals surface area contributed by atoms with Gasteiger partial charge in [0.15, 0.2) is 0 Å². The summed E-state index contributed by atoms with van der Waals surface area (Å²) in [5, 5.41) is 26.2. The second-order valence-corrected chi connectivity index (χ2v) is 8.04. The average Bonchev–Trinajstić information content (AvgIpc) is 2.70. The largest absolute Gasteiger partial charge is 0.507 e. The summed E-state index contributed by atoms with van der Waals surface area (Å²) in [5.74, 6) is -0.358. The first-order valence-electron chi connectivity index (χ1n) is 8.49. The molecule has 3 aromatic rings. The summed E-state index contributed by atoms with van der Waals surface area (Å²) in [7, 11) is 0. The van der Waals surface area contributed by atoms with Crippen LogP contribution in [0, 0.1) is 13.8 Å². The first-order valence-corrected chi connectivity index (χ1v) is 10.1. The molecule has 0 spiro atoms. The third kappa shape index (κ3) is 3.91. The molecule has 0 aliphatic heterocycles. The highest BCUT2D eigenvalue weighted by atomic mass is 79.9. The van der Waals surface area contributed by atoms with Gasteiger partial charge in [0.05, 0.1) is 17.1 Å². The smallest absolute Gasteiger partial charge is 0.244 e. The first-order chi connectivity index (χ1) is 13.3. The number of benzene rings is 3. The van der Waals surface area contributed by atoms with Crippen molar-refractivity contribution < 1.29 is 15.0 Å². The predicted molar refractivity (Wildman–Crippen MR) is 118 cm³/mol. The van der Waals surface area contributed by atoms with Crippen LogP contribution in [0.4, 0.5) is 0 Å². The van der Waals surface area contributed by atoms with Gasteiger partial charge in [0.25, 0.3) is 0 Å². The van der Waals surface area contributed by atoms with E-state index in [1.54, 1.807) is 13.8 Å². The van der Waals surface area contributed by atoms with Crippen LogP contribution < -0.4 is 5.43 Å². The molecule has 0 saturated heterocycles. The summed E-state index contributed by atoms with van der Waals surface area (Å²) in [6, 6.07) is 11.7. The number of carbonyl (C=O) groups is 1. The number of hydrogen-bond acceptors (Lipinski definition) is 4. The molecule has 1 amide bonds. The van der Waals surface area contributed by atoms with E-state index in [0.29, 0.717) is 21.2 Å². The Bertz CT molecular complexity index is 1080. The molecule has 0 saturated carbocycles. The van der Waals surface area contributed by atoms with Crippen molar-refractivity contribution in [3.63, 3.8) is 0 Å². The molecular formula is C21H18Br2N2O3. The Morgan fingerprint density at radius 2 is 1.71 bits per heavy atom. The number of halogens is 2. The molecule has 0 aliphatic carbocycles. The molecule has 7 heteroatoms. The van der Waals surface area contributed by atoms with Crippen molar-refractivity contribution in [1.29, 1.82) is 0 Å². The van der Waals surface area contributed by atoms with Gasteiger partial charge in [-0.05, 0) is 57.7 Å². The Labute approximate surface area is 179 Å². The zero-order valence-electron chi connectivity index (χ0n) is 15.3. The van der Waals surface area contributed by atoms with E-state index in [4.69, 9.17) is 0 Å². The fraction of sp³-hybridized carbons (Fsp3) is 0.143. The number of phenols is 2.